The quantitative estimate of drug-likeness (QED) is 0.0444. The van der Waals surface area contributed by atoms with Gasteiger partial charge in [0.05, 0.1) is 5.69 Å². The predicted octanol–water partition coefficient (Wildman–Crippen LogP) is 9.81. The van der Waals surface area contributed by atoms with Gasteiger partial charge in [-0.3, -0.25) is 9.59 Å². The second-order valence-electron chi connectivity index (χ2n) is 13.6. The average Bonchev–Trinajstić information content (AvgIpc) is 2.92. The molecule has 0 aliphatic rings. The van der Waals surface area contributed by atoms with Crippen molar-refractivity contribution in [3.05, 3.63) is 58.7 Å². The van der Waals surface area contributed by atoms with Crippen LogP contribution in [0, 0.1) is 25.4 Å². The monoisotopic (exact) mass is 698 g/mol. The van der Waals surface area contributed by atoms with Gasteiger partial charge in [-0.1, -0.05) is 52.0 Å². The molecule has 2 aromatic rings. The predicted molar refractivity (Wildman–Crippen MR) is 199 cm³/mol. The zero-order valence-corrected chi connectivity index (χ0v) is 31.4. The Hall–Kier alpha value is -2.98. The summed E-state index contributed by atoms with van der Waals surface area (Å²) in [6, 6.07) is 13.1. The van der Waals surface area contributed by atoms with Crippen molar-refractivity contribution in [1.82, 2.24) is 0 Å². The minimum Gasteiger partial charge on any atom is -0.437 e. The first-order valence-corrected chi connectivity index (χ1v) is 24.9. The van der Waals surface area contributed by atoms with Crippen LogP contribution in [0.25, 0.3) is 0 Å². The van der Waals surface area contributed by atoms with Crippen molar-refractivity contribution in [1.29, 1.82) is 5.26 Å². The Kier molecular flexibility index (Phi) is 19.1. The van der Waals surface area contributed by atoms with E-state index in [4.69, 9.17) is 18.2 Å². The maximum absolute atomic E-state index is 12.6. The maximum Gasteiger partial charge on any atom is 0.311 e. The highest BCUT2D eigenvalue weighted by molar-refractivity contribution is 6.87. The van der Waals surface area contributed by atoms with Crippen molar-refractivity contribution in [2.75, 3.05) is 0 Å². The van der Waals surface area contributed by atoms with Crippen LogP contribution >= 0.6 is 0 Å². The normalized spacial score (nSPS) is 11.4. The molecule has 0 amide bonds. The molecule has 0 unspecified atom stereocenters. The summed E-state index contributed by atoms with van der Waals surface area (Å²) < 4.78 is 18.5. The topological polar surface area (TPSA) is 115 Å². The van der Waals surface area contributed by atoms with Gasteiger partial charge in [0.25, 0.3) is 6.26 Å². The Morgan fingerprint density at radius 3 is 1.68 bits per heavy atom. The van der Waals surface area contributed by atoms with E-state index >= 15 is 0 Å². The number of hydrogen-bond acceptors (Lipinski definition) is 8. The zero-order chi connectivity index (χ0) is 33.7. The summed E-state index contributed by atoms with van der Waals surface area (Å²) >= 11 is 0. The summed E-state index contributed by atoms with van der Waals surface area (Å²) in [4.78, 5) is 39.5. The smallest absolute Gasteiger partial charge is 0.311 e. The largest absolute Gasteiger partial charge is 0.437 e. The Morgan fingerprint density at radius 2 is 1.21 bits per heavy atom. The Labute approximate surface area is 287 Å². The van der Waals surface area contributed by atoms with Crippen molar-refractivity contribution in [2.45, 2.75) is 131 Å². The van der Waals surface area contributed by atoms with E-state index in [0.29, 0.717) is 37.1 Å². The van der Waals surface area contributed by atoms with Crippen molar-refractivity contribution in [3.8, 4) is 12.0 Å². The van der Waals surface area contributed by atoms with E-state index < -0.39 is 25.2 Å². The van der Waals surface area contributed by atoms with Gasteiger partial charge in [0, 0.05) is 25.7 Å². The maximum atomic E-state index is 12.6. The minimum atomic E-state index is -2.36. The lowest BCUT2D eigenvalue weighted by Gasteiger charge is -2.38. The fourth-order valence-corrected chi connectivity index (χ4v) is 19.9. The molecule has 0 saturated carbocycles. The number of benzene rings is 2. The second kappa shape index (κ2) is 20.4. The number of unbranched alkanes of at least 4 members (excludes halogenated alkanes) is 2. The molecule has 260 valence electrons. The molecule has 0 spiro atoms. The molecule has 0 radical (unpaired) electrons. The fourth-order valence-electron chi connectivity index (χ4n) is 5.68. The molecule has 0 aliphatic heterocycles. The number of aryl methyl sites for hydroxylation is 2. The molecule has 0 aliphatic carbocycles. The van der Waals surface area contributed by atoms with E-state index in [1.54, 1.807) is 24.5 Å². The van der Waals surface area contributed by atoms with Gasteiger partial charge in [0.15, 0.2) is 16.6 Å². The first-order valence-electron chi connectivity index (χ1n) is 15.8. The highest BCUT2D eigenvalue weighted by Crippen LogP contribution is 2.28. The van der Waals surface area contributed by atoms with Gasteiger partial charge < -0.3 is 13.0 Å². The number of nitriles is 1. The number of carbonyl (C=O) groups excluding carboxylic acids is 3. The van der Waals surface area contributed by atoms with Crippen molar-refractivity contribution >= 4 is 48.5 Å². The van der Waals surface area contributed by atoms with Crippen LogP contribution in [0.2, 0.25) is 51.4 Å². The van der Waals surface area contributed by atoms with Crippen LogP contribution in [0.5, 0.6) is 5.75 Å². The lowest BCUT2D eigenvalue weighted by atomic mass is 10.0. The van der Waals surface area contributed by atoms with Crippen LogP contribution in [0.15, 0.2) is 41.4 Å². The van der Waals surface area contributed by atoms with Gasteiger partial charge in [0.1, 0.15) is 17.3 Å². The molecule has 8 nitrogen and oxygen atoms in total. The molecule has 2 rings (SSSR count). The third-order valence-corrected chi connectivity index (χ3v) is 19.1. The molecular weight excluding hydrogens is 641 g/mol. The molecule has 11 heteroatoms. The summed E-state index contributed by atoms with van der Waals surface area (Å²) in [5.41, 5.74) is 4.04. The van der Waals surface area contributed by atoms with Gasteiger partial charge in [0.2, 0.25) is 6.08 Å². The molecule has 0 fully saturated rings. The zero-order valence-electron chi connectivity index (χ0n) is 28.4. The number of nitrogens with zero attached hydrogens (tertiary/aromatic N) is 2. The number of rotatable bonds is 20. The summed E-state index contributed by atoms with van der Waals surface area (Å²) in [6.45, 7) is 17.0. The Bertz CT molecular complexity index is 1410. The number of ether oxygens (including phenoxy) is 1. The van der Waals surface area contributed by atoms with Crippen molar-refractivity contribution < 1.29 is 27.4 Å². The summed E-state index contributed by atoms with van der Waals surface area (Å²) in [5, 5.41) is 8.80. The molecule has 0 heterocycles. The lowest BCUT2D eigenvalue weighted by Crippen LogP contribution is -2.52. The van der Waals surface area contributed by atoms with E-state index in [-0.39, 0.29) is 26.4 Å². The van der Waals surface area contributed by atoms with Crippen LogP contribution in [-0.4, -0.2) is 42.8 Å². The molecule has 0 atom stereocenters. The lowest BCUT2D eigenvalue weighted by molar-refractivity contribution is -0.119. The Balaban J connectivity index is 0.0000106. The first kappa shape index (κ1) is 44.0. The molecule has 2 aromatic carbocycles. The van der Waals surface area contributed by atoms with E-state index in [0.717, 1.165) is 60.0 Å². The number of hydrogen-bond donors (Lipinski definition) is 0. The molecule has 0 bridgehead atoms. The third kappa shape index (κ3) is 17.1. The average molecular weight is 699 g/mol. The molecule has 0 N–H and O–H groups in total. The summed E-state index contributed by atoms with van der Waals surface area (Å²) in [7, 11) is -6.32. The van der Waals surface area contributed by atoms with E-state index in [2.05, 4.69) is 44.3 Å². The van der Waals surface area contributed by atoms with Crippen LogP contribution in [0.4, 0.5) is 5.69 Å². The van der Waals surface area contributed by atoms with Crippen LogP contribution in [-0.2, 0) is 35.5 Å². The van der Waals surface area contributed by atoms with Gasteiger partial charge in [-0.25, -0.2) is 4.79 Å². The van der Waals surface area contributed by atoms with E-state index in [9.17, 15) is 14.4 Å². The highest BCUT2D eigenvalue weighted by Gasteiger charge is 2.39. The SMILES string of the molecule is C.C.Cc1ccc(CC(=O)CCCC[Si](C)(C)O[Si](C)(C)O[Si](C)(C)CCCCC(=O)Cc2ccc(C)c(OC#N)c2)cc1N=C=O. The molecule has 47 heavy (non-hydrogen) atoms. The van der Waals surface area contributed by atoms with Gasteiger partial charge >= 0.3 is 8.56 Å². The molecule has 0 saturated heterocycles. The highest BCUT2D eigenvalue weighted by atomic mass is 28.5. The minimum absolute atomic E-state index is 0. The van der Waals surface area contributed by atoms with E-state index in [1.165, 1.54) is 0 Å². The van der Waals surface area contributed by atoms with Gasteiger partial charge in [-0.05, 0) is 112 Å². The van der Waals surface area contributed by atoms with Crippen molar-refractivity contribution in [2.24, 2.45) is 4.99 Å². The van der Waals surface area contributed by atoms with Gasteiger partial charge in [-0.2, -0.15) is 4.99 Å². The van der Waals surface area contributed by atoms with Gasteiger partial charge in [-0.15, -0.1) is 5.26 Å². The van der Waals surface area contributed by atoms with E-state index in [1.807, 2.05) is 38.1 Å². The number of ketones is 2. The Morgan fingerprint density at radius 1 is 0.745 bits per heavy atom. The second-order valence-corrected chi connectivity index (χ2v) is 26.1. The van der Waals surface area contributed by atoms with Crippen LogP contribution < -0.4 is 4.74 Å². The van der Waals surface area contributed by atoms with Crippen LogP contribution in [0.3, 0.4) is 0 Å². The number of carbonyl (C=O) groups is 2. The van der Waals surface area contributed by atoms with Crippen LogP contribution in [0.1, 0.15) is 75.6 Å². The standard InChI is InChI=1S/C34H50N2O6Si3.2CH4/c1-27-15-17-29(23-33(27)36-26-37)21-31(38)13-9-11-19-43(3,4)41-45(7,8)42-44(5,6)20-12-10-14-32(39)22-30-18-16-28(2)34(24-30)40-25-35;;/h15-18,23-24H,9-14,19-22H2,1-8H3;2*1H4. The fraction of sp³-hybridized carbons (Fsp3) is 0.556. The third-order valence-electron chi connectivity index (χ3n) is 7.66. The number of Topliss-reactive ketones (excluding diaryl/α,β-unsaturated/α-hetero) is 2. The van der Waals surface area contributed by atoms with Crippen molar-refractivity contribution in [3.63, 3.8) is 0 Å². The molecular formula is C36H58N2O6Si3. The molecule has 0 aromatic heterocycles. The first-order chi connectivity index (χ1) is 21.0. The number of aliphatic imine (C=N–C) groups is 1. The summed E-state index contributed by atoms with van der Waals surface area (Å²) in [6.07, 6.45) is 8.52. The summed E-state index contributed by atoms with van der Waals surface area (Å²) in [5.74, 6) is 0.866. The number of isocyanates is 1.